The summed E-state index contributed by atoms with van der Waals surface area (Å²) in [5.41, 5.74) is 1.48. The second-order valence-electron chi connectivity index (χ2n) is 9.27. The van der Waals surface area contributed by atoms with Crippen molar-refractivity contribution < 1.29 is 29.0 Å². The fraction of sp³-hybridized carbons (Fsp3) is 0.591. The molecule has 1 N–H and O–H groups in total. The summed E-state index contributed by atoms with van der Waals surface area (Å²) in [4.78, 5) is 38.8. The van der Waals surface area contributed by atoms with E-state index in [-0.39, 0.29) is 24.6 Å². The minimum atomic E-state index is -1.37. The van der Waals surface area contributed by atoms with E-state index < -0.39 is 43.7 Å². The van der Waals surface area contributed by atoms with Gasteiger partial charge in [0.05, 0.1) is 31.0 Å². The molecule has 4 rings (SSSR count). The maximum absolute atomic E-state index is 13.1. The Labute approximate surface area is 172 Å². The van der Waals surface area contributed by atoms with E-state index in [1.807, 2.05) is 6.92 Å². The standard InChI is InChI=1S/C22H30O6Si/c1-5-8-27-22(26)20-18-15-11-13(23)6-7-14(15)16(12-17(18)24)19(20)21(25)28-9-10-29(2,3)4/h6-7,11,16,18-20,23H,5,8-10,12H2,1-4H3/t16?,18-,19-,20-/m1/s1. The van der Waals surface area contributed by atoms with Crippen molar-refractivity contribution in [2.75, 3.05) is 13.2 Å². The van der Waals surface area contributed by atoms with E-state index in [0.29, 0.717) is 18.6 Å². The predicted octanol–water partition coefficient (Wildman–Crippen LogP) is 3.61. The molecule has 158 valence electrons. The summed E-state index contributed by atoms with van der Waals surface area (Å²) in [6, 6.07) is 5.69. The summed E-state index contributed by atoms with van der Waals surface area (Å²) in [5.74, 6) is -3.85. The molecule has 1 saturated carbocycles. The lowest BCUT2D eigenvalue weighted by Gasteiger charge is -2.46. The maximum Gasteiger partial charge on any atom is 0.310 e. The Morgan fingerprint density at radius 1 is 1.07 bits per heavy atom. The molecule has 2 bridgehead atoms. The lowest BCUT2D eigenvalue weighted by Crippen LogP contribution is -2.50. The van der Waals surface area contributed by atoms with Crippen molar-refractivity contribution >= 4 is 25.8 Å². The first-order valence-corrected chi connectivity index (χ1v) is 14.0. The highest BCUT2D eigenvalue weighted by Gasteiger charge is 2.57. The topological polar surface area (TPSA) is 89.9 Å². The predicted molar refractivity (Wildman–Crippen MR) is 111 cm³/mol. The Hall–Kier alpha value is -2.15. The van der Waals surface area contributed by atoms with Gasteiger partial charge in [0.15, 0.2) is 0 Å². The molecule has 1 aromatic rings. The van der Waals surface area contributed by atoms with E-state index in [9.17, 15) is 19.5 Å². The van der Waals surface area contributed by atoms with Crippen LogP contribution in [0.25, 0.3) is 0 Å². The first-order valence-electron chi connectivity index (χ1n) is 10.3. The molecule has 0 spiro atoms. The van der Waals surface area contributed by atoms with E-state index in [1.54, 1.807) is 12.1 Å². The molecule has 0 aromatic heterocycles. The highest BCUT2D eigenvalue weighted by Crippen LogP contribution is 2.55. The van der Waals surface area contributed by atoms with Gasteiger partial charge in [-0.3, -0.25) is 14.4 Å². The third-order valence-corrected chi connectivity index (χ3v) is 7.55. The molecule has 3 aliphatic rings. The summed E-state index contributed by atoms with van der Waals surface area (Å²) < 4.78 is 11.0. The Bertz CT molecular complexity index is 812. The van der Waals surface area contributed by atoms with Crippen LogP contribution in [-0.4, -0.2) is 44.1 Å². The molecule has 0 aliphatic heterocycles. The van der Waals surface area contributed by atoms with Crippen molar-refractivity contribution in [3.05, 3.63) is 29.3 Å². The number of Topliss-reactive ketones (excluding diaryl/α,β-unsaturated/α-hetero) is 1. The molecule has 1 aromatic carbocycles. The molecular formula is C22H30O6Si. The average Bonchev–Trinajstić information content (AvgIpc) is 2.64. The van der Waals surface area contributed by atoms with Crippen LogP contribution in [0.1, 0.15) is 42.7 Å². The molecule has 6 nitrogen and oxygen atoms in total. The van der Waals surface area contributed by atoms with Crippen LogP contribution in [0.4, 0.5) is 0 Å². The number of phenolic OH excluding ortho intramolecular Hbond substituents is 1. The number of hydrogen-bond acceptors (Lipinski definition) is 6. The van der Waals surface area contributed by atoms with Crippen molar-refractivity contribution in [1.29, 1.82) is 0 Å². The summed E-state index contributed by atoms with van der Waals surface area (Å²) in [5, 5.41) is 9.92. The fourth-order valence-electron chi connectivity index (χ4n) is 4.41. The quantitative estimate of drug-likeness (QED) is 0.537. The summed E-state index contributed by atoms with van der Waals surface area (Å²) >= 11 is 0. The molecule has 4 atom stereocenters. The number of ether oxygens (including phenoxy) is 2. The van der Waals surface area contributed by atoms with Gasteiger partial charge < -0.3 is 14.6 Å². The minimum absolute atomic E-state index is 0.0408. The van der Waals surface area contributed by atoms with Crippen LogP contribution in [0, 0.1) is 11.8 Å². The Balaban J connectivity index is 1.94. The van der Waals surface area contributed by atoms with E-state index in [2.05, 4.69) is 19.6 Å². The largest absolute Gasteiger partial charge is 0.508 e. The van der Waals surface area contributed by atoms with Crippen LogP contribution in [0.15, 0.2) is 18.2 Å². The number of ketones is 1. The van der Waals surface area contributed by atoms with Gasteiger partial charge in [0.25, 0.3) is 0 Å². The molecule has 7 heteroatoms. The molecule has 1 unspecified atom stereocenters. The number of carbonyl (C=O) groups is 3. The summed E-state index contributed by atoms with van der Waals surface area (Å²) in [6.45, 7) is 9.07. The fourth-order valence-corrected chi connectivity index (χ4v) is 5.13. The van der Waals surface area contributed by atoms with Gasteiger partial charge in [-0.2, -0.15) is 0 Å². The Morgan fingerprint density at radius 3 is 2.38 bits per heavy atom. The summed E-state index contributed by atoms with van der Waals surface area (Å²) in [6.07, 6.45) is 0.858. The number of hydrogen-bond donors (Lipinski definition) is 1. The second-order valence-corrected chi connectivity index (χ2v) is 14.9. The zero-order valence-corrected chi connectivity index (χ0v) is 18.6. The smallest absolute Gasteiger partial charge is 0.310 e. The Morgan fingerprint density at radius 2 is 1.72 bits per heavy atom. The highest BCUT2D eigenvalue weighted by atomic mass is 28.3. The zero-order valence-electron chi connectivity index (χ0n) is 17.6. The van der Waals surface area contributed by atoms with Crippen molar-refractivity contribution in [1.82, 2.24) is 0 Å². The lowest BCUT2D eigenvalue weighted by atomic mass is 9.55. The number of carbonyl (C=O) groups excluding carboxylic acids is 3. The molecule has 0 heterocycles. The molecule has 0 amide bonds. The number of benzene rings is 1. The van der Waals surface area contributed by atoms with Crippen LogP contribution < -0.4 is 0 Å². The van der Waals surface area contributed by atoms with Crippen LogP contribution in [0.5, 0.6) is 5.75 Å². The Kier molecular flexibility index (Phi) is 6.17. The van der Waals surface area contributed by atoms with Crippen LogP contribution in [-0.2, 0) is 23.9 Å². The van der Waals surface area contributed by atoms with Crippen molar-refractivity contribution in [3.8, 4) is 5.75 Å². The van der Waals surface area contributed by atoms with Gasteiger partial charge >= 0.3 is 11.9 Å². The number of esters is 2. The molecule has 0 saturated heterocycles. The molecule has 1 fully saturated rings. The van der Waals surface area contributed by atoms with Crippen molar-refractivity contribution in [3.63, 3.8) is 0 Å². The summed E-state index contributed by atoms with van der Waals surface area (Å²) in [7, 11) is -1.37. The van der Waals surface area contributed by atoms with Gasteiger partial charge in [-0.15, -0.1) is 0 Å². The first kappa shape index (κ1) is 21.6. The lowest BCUT2D eigenvalue weighted by molar-refractivity contribution is -0.167. The first-order chi connectivity index (χ1) is 13.6. The van der Waals surface area contributed by atoms with E-state index >= 15 is 0 Å². The van der Waals surface area contributed by atoms with Crippen LogP contribution >= 0.6 is 0 Å². The van der Waals surface area contributed by atoms with Gasteiger partial charge in [-0.05, 0) is 35.7 Å². The van der Waals surface area contributed by atoms with Crippen LogP contribution in [0.2, 0.25) is 25.7 Å². The average molecular weight is 419 g/mol. The van der Waals surface area contributed by atoms with Crippen LogP contribution in [0.3, 0.4) is 0 Å². The third-order valence-electron chi connectivity index (χ3n) is 5.84. The molecular weight excluding hydrogens is 388 g/mol. The normalized spacial score (nSPS) is 25.4. The van der Waals surface area contributed by atoms with Crippen molar-refractivity contribution in [2.24, 2.45) is 11.8 Å². The monoisotopic (exact) mass is 418 g/mol. The van der Waals surface area contributed by atoms with E-state index in [4.69, 9.17) is 9.47 Å². The zero-order chi connectivity index (χ0) is 21.3. The van der Waals surface area contributed by atoms with Gasteiger partial charge in [0, 0.05) is 20.4 Å². The minimum Gasteiger partial charge on any atom is -0.508 e. The van der Waals surface area contributed by atoms with Gasteiger partial charge in [0.2, 0.25) is 0 Å². The van der Waals surface area contributed by atoms with Crippen molar-refractivity contribution in [2.45, 2.75) is 57.3 Å². The van der Waals surface area contributed by atoms with Gasteiger partial charge in [-0.1, -0.05) is 32.6 Å². The SMILES string of the molecule is CCCOC(=O)[C@H]1[C@H](C(=O)OCC[Si](C)(C)C)C2CC(=O)[C@H]1c1cc(O)ccc12. The van der Waals surface area contributed by atoms with Gasteiger partial charge in [0.1, 0.15) is 11.5 Å². The number of phenols is 1. The maximum atomic E-state index is 13.1. The second kappa shape index (κ2) is 8.30. The number of fused-ring (bicyclic) bond motifs is 2. The highest BCUT2D eigenvalue weighted by molar-refractivity contribution is 6.76. The molecule has 3 aliphatic carbocycles. The molecule has 0 radical (unpaired) electrons. The van der Waals surface area contributed by atoms with E-state index in [1.165, 1.54) is 6.07 Å². The van der Waals surface area contributed by atoms with Gasteiger partial charge in [-0.25, -0.2) is 0 Å². The number of rotatable bonds is 7. The third kappa shape index (κ3) is 4.39. The number of aromatic hydroxyl groups is 1. The molecule has 29 heavy (non-hydrogen) atoms. The van der Waals surface area contributed by atoms with E-state index in [0.717, 1.165) is 11.6 Å².